The minimum absolute atomic E-state index is 0.0295. The van der Waals surface area contributed by atoms with Crippen molar-refractivity contribution in [3.05, 3.63) is 31.6 Å². The highest BCUT2D eigenvalue weighted by molar-refractivity contribution is 14.1. The maximum Gasteiger partial charge on any atom is 0.293 e. The fourth-order valence-corrected chi connectivity index (χ4v) is 3.40. The van der Waals surface area contributed by atoms with Crippen LogP contribution in [0.4, 0.5) is 15.8 Å². The summed E-state index contributed by atoms with van der Waals surface area (Å²) in [6, 6.07) is 2.60. The Labute approximate surface area is 137 Å². The van der Waals surface area contributed by atoms with Crippen molar-refractivity contribution in [3.8, 4) is 0 Å². The van der Waals surface area contributed by atoms with E-state index in [-0.39, 0.29) is 15.3 Å². The number of nitrogens with zero attached hydrogens (tertiary/aromatic N) is 2. The van der Waals surface area contributed by atoms with Crippen LogP contribution in [0.15, 0.2) is 12.1 Å². The number of benzene rings is 1. The lowest BCUT2D eigenvalue weighted by Gasteiger charge is -2.40. The quantitative estimate of drug-likeness (QED) is 0.473. The van der Waals surface area contributed by atoms with E-state index in [1.807, 2.05) is 4.90 Å². The van der Waals surface area contributed by atoms with E-state index in [9.17, 15) is 14.5 Å². The molecule has 1 saturated heterocycles. The molecule has 2 N–H and O–H groups in total. The number of hydrogen-bond acceptors (Lipinski definition) is 4. The van der Waals surface area contributed by atoms with Crippen LogP contribution >= 0.6 is 22.6 Å². The summed E-state index contributed by atoms with van der Waals surface area (Å²) in [5.41, 5.74) is 6.14. The van der Waals surface area contributed by atoms with Crippen molar-refractivity contribution in [1.82, 2.24) is 0 Å². The van der Waals surface area contributed by atoms with Gasteiger partial charge in [0.25, 0.3) is 5.69 Å². The zero-order valence-corrected chi connectivity index (χ0v) is 14.0. The SMILES string of the molecule is CCC1CCN(c2cc(F)c(I)cc2[N+](=O)[O-])C(CN)C1. The Balaban J connectivity index is 2.40. The lowest BCUT2D eigenvalue weighted by atomic mass is 9.88. The van der Waals surface area contributed by atoms with Crippen molar-refractivity contribution in [2.45, 2.75) is 32.2 Å². The average Bonchev–Trinajstić information content (AvgIpc) is 2.48. The van der Waals surface area contributed by atoms with E-state index in [4.69, 9.17) is 5.73 Å². The van der Waals surface area contributed by atoms with E-state index >= 15 is 0 Å². The molecule has 2 rings (SSSR count). The van der Waals surface area contributed by atoms with Gasteiger partial charge >= 0.3 is 0 Å². The van der Waals surface area contributed by atoms with Gasteiger partial charge in [-0.05, 0) is 41.4 Å². The molecule has 0 aromatic heterocycles. The largest absolute Gasteiger partial charge is 0.362 e. The molecule has 2 unspecified atom stereocenters. The minimum atomic E-state index is -0.448. The van der Waals surface area contributed by atoms with Crippen LogP contribution in [-0.4, -0.2) is 24.1 Å². The normalized spacial score (nSPS) is 22.4. The first kappa shape index (κ1) is 16.4. The van der Waals surface area contributed by atoms with Gasteiger partial charge in [-0.1, -0.05) is 13.3 Å². The molecule has 0 amide bonds. The number of halogens is 2. The summed E-state index contributed by atoms with van der Waals surface area (Å²) in [6.45, 7) is 3.24. The molecule has 2 atom stereocenters. The second-order valence-corrected chi connectivity index (χ2v) is 6.56. The van der Waals surface area contributed by atoms with E-state index in [0.29, 0.717) is 24.7 Å². The molecule has 7 heteroatoms. The molecule has 1 aromatic rings. The number of anilines is 1. The molecule has 0 saturated carbocycles. The zero-order valence-electron chi connectivity index (χ0n) is 11.9. The van der Waals surface area contributed by atoms with E-state index in [0.717, 1.165) is 19.3 Å². The predicted octanol–water partition coefficient (Wildman–Crippen LogP) is 3.29. The lowest BCUT2D eigenvalue weighted by Crippen LogP contribution is -2.47. The summed E-state index contributed by atoms with van der Waals surface area (Å²) in [5, 5.41) is 11.3. The highest BCUT2D eigenvalue weighted by Crippen LogP contribution is 2.36. The van der Waals surface area contributed by atoms with Gasteiger partial charge in [0.1, 0.15) is 11.5 Å². The van der Waals surface area contributed by atoms with Gasteiger partial charge < -0.3 is 10.6 Å². The van der Waals surface area contributed by atoms with Crippen LogP contribution < -0.4 is 10.6 Å². The van der Waals surface area contributed by atoms with Gasteiger partial charge in [0.05, 0.1) is 8.49 Å². The first-order valence-corrected chi connectivity index (χ1v) is 8.15. The van der Waals surface area contributed by atoms with Gasteiger partial charge in [-0.25, -0.2) is 4.39 Å². The summed E-state index contributed by atoms with van der Waals surface area (Å²) in [5.74, 6) is 0.159. The van der Waals surface area contributed by atoms with Crippen LogP contribution in [0.25, 0.3) is 0 Å². The van der Waals surface area contributed by atoms with Crippen molar-refractivity contribution < 1.29 is 9.31 Å². The Kier molecular flexibility index (Phi) is 5.37. The zero-order chi connectivity index (χ0) is 15.6. The van der Waals surface area contributed by atoms with Crippen molar-refractivity contribution in [1.29, 1.82) is 0 Å². The maximum atomic E-state index is 13.9. The lowest BCUT2D eigenvalue weighted by molar-refractivity contribution is -0.384. The summed E-state index contributed by atoms with van der Waals surface area (Å²) >= 11 is 1.77. The van der Waals surface area contributed by atoms with E-state index in [1.165, 1.54) is 12.1 Å². The van der Waals surface area contributed by atoms with Crippen LogP contribution in [0.3, 0.4) is 0 Å². The molecule has 1 fully saturated rings. The number of nitro benzene ring substituents is 1. The topological polar surface area (TPSA) is 72.4 Å². The van der Waals surface area contributed by atoms with Crippen molar-refractivity contribution in [2.75, 3.05) is 18.0 Å². The standard InChI is InChI=1S/C14H19FIN3O2/c1-2-9-3-4-18(10(5-9)8-17)13-6-11(15)12(16)7-14(13)19(20)21/h6-7,9-10H,2-5,8,17H2,1H3. The fourth-order valence-electron chi connectivity index (χ4n) is 2.95. The average molecular weight is 407 g/mol. The van der Waals surface area contributed by atoms with E-state index in [2.05, 4.69) is 6.92 Å². The van der Waals surface area contributed by atoms with Crippen molar-refractivity contribution in [3.63, 3.8) is 0 Å². The van der Waals surface area contributed by atoms with Crippen LogP contribution in [0.1, 0.15) is 26.2 Å². The number of piperidine rings is 1. The van der Waals surface area contributed by atoms with E-state index in [1.54, 1.807) is 22.6 Å². The Hall–Kier alpha value is -0.960. The monoisotopic (exact) mass is 407 g/mol. The molecule has 116 valence electrons. The predicted molar refractivity (Wildman–Crippen MR) is 89.0 cm³/mol. The molecule has 1 aliphatic rings. The van der Waals surface area contributed by atoms with Gasteiger partial charge in [-0.2, -0.15) is 0 Å². The van der Waals surface area contributed by atoms with Gasteiger partial charge in [0, 0.05) is 31.3 Å². The van der Waals surface area contributed by atoms with Gasteiger partial charge in [-0.3, -0.25) is 10.1 Å². The molecule has 0 radical (unpaired) electrons. The Morgan fingerprint density at radius 3 is 2.86 bits per heavy atom. The molecule has 5 nitrogen and oxygen atoms in total. The highest BCUT2D eigenvalue weighted by atomic mass is 127. The molecule has 0 aliphatic carbocycles. The minimum Gasteiger partial charge on any atom is -0.362 e. The molecular formula is C14H19FIN3O2. The Bertz CT molecular complexity index is 541. The van der Waals surface area contributed by atoms with E-state index < -0.39 is 10.7 Å². The van der Waals surface area contributed by atoms with Gasteiger partial charge in [-0.15, -0.1) is 0 Å². The second-order valence-electron chi connectivity index (χ2n) is 5.39. The molecule has 0 spiro atoms. The number of nitrogens with two attached hydrogens (primary N) is 1. The summed E-state index contributed by atoms with van der Waals surface area (Å²) in [7, 11) is 0. The van der Waals surface area contributed by atoms with Crippen LogP contribution in [-0.2, 0) is 0 Å². The summed E-state index contributed by atoms with van der Waals surface area (Å²) < 4.78 is 14.1. The molecule has 21 heavy (non-hydrogen) atoms. The first-order valence-electron chi connectivity index (χ1n) is 7.08. The third kappa shape index (κ3) is 3.45. The number of nitro groups is 1. The van der Waals surface area contributed by atoms with Crippen LogP contribution in [0, 0.1) is 25.4 Å². The number of hydrogen-bond donors (Lipinski definition) is 1. The first-order chi connectivity index (χ1) is 9.97. The van der Waals surface area contributed by atoms with Crippen LogP contribution in [0.2, 0.25) is 0 Å². The Morgan fingerprint density at radius 1 is 1.57 bits per heavy atom. The summed E-state index contributed by atoms with van der Waals surface area (Å²) in [6.07, 6.45) is 2.93. The number of rotatable bonds is 4. The van der Waals surface area contributed by atoms with Gasteiger partial charge in [0.15, 0.2) is 0 Å². The molecular weight excluding hydrogens is 388 g/mol. The maximum absolute atomic E-state index is 13.9. The third-order valence-electron chi connectivity index (χ3n) is 4.20. The highest BCUT2D eigenvalue weighted by Gasteiger charge is 2.31. The van der Waals surface area contributed by atoms with Crippen molar-refractivity contribution >= 4 is 34.0 Å². The smallest absolute Gasteiger partial charge is 0.293 e. The Morgan fingerprint density at radius 2 is 2.29 bits per heavy atom. The molecule has 1 heterocycles. The second kappa shape index (κ2) is 6.87. The molecule has 1 aliphatic heterocycles. The molecule has 0 bridgehead atoms. The van der Waals surface area contributed by atoms with Crippen LogP contribution in [0.5, 0.6) is 0 Å². The van der Waals surface area contributed by atoms with Crippen molar-refractivity contribution in [2.24, 2.45) is 11.7 Å². The third-order valence-corrected chi connectivity index (χ3v) is 5.02. The van der Waals surface area contributed by atoms with Gasteiger partial charge in [0.2, 0.25) is 0 Å². The summed E-state index contributed by atoms with van der Waals surface area (Å²) in [4.78, 5) is 12.7. The molecule has 1 aromatic carbocycles. The fraction of sp³-hybridized carbons (Fsp3) is 0.571.